The van der Waals surface area contributed by atoms with E-state index in [4.69, 9.17) is 10.5 Å². The van der Waals surface area contributed by atoms with Crippen LogP contribution in [0.4, 0.5) is 0 Å². The number of ether oxygens (including phenoxy) is 1. The van der Waals surface area contributed by atoms with Crippen LogP contribution in [0.2, 0.25) is 0 Å². The second-order valence-corrected chi connectivity index (χ2v) is 6.91. The Balaban J connectivity index is 1.85. The van der Waals surface area contributed by atoms with E-state index in [9.17, 15) is 8.42 Å². The Morgan fingerprint density at radius 2 is 2.00 bits per heavy atom. The topological polar surface area (TPSA) is 85.5 Å². The lowest BCUT2D eigenvalue weighted by atomic mass is 10.2. The van der Waals surface area contributed by atoms with Gasteiger partial charge in [0.25, 0.3) is 0 Å². The molecule has 19 heavy (non-hydrogen) atoms. The fourth-order valence-electron chi connectivity index (χ4n) is 2.61. The second-order valence-electron chi connectivity index (χ2n) is 4.97. The lowest BCUT2D eigenvalue weighted by Gasteiger charge is -2.31. The summed E-state index contributed by atoms with van der Waals surface area (Å²) in [5, 5.41) is 0. The first-order valence-electron chi connectivity index (χ1n) is 6.40. The monoisotopic (exact) mass is 283 g/mol. The smallest absolute Gasteiger partial charge is 0.244 e. The van der Waals surface area contributed by atoms with Crippen LogP contribution >= 0.6 is 0 Å². The van der Waals surface area contributed by atoms with Gasteiger partial charge in [-0.2, -0.15) is 4.31 Å². The van der Waals surface area contributed by atoms with Gasteiger partial charge in [-0.05, 0) is 25.0 Å². The van der Waals surface area contributed by atoms with E-state index in [1.807, 2.05) is 0 Å². The van der Waals surface area contributed by atoms with Crippen molar-refractivity contribution < 1.29 is 13.2 Å². The Morgan fingerprint density at radius 1 is 1.32 bits per heavy atom. The molecule has 2 N–H and O–H groups in total. The Hall–Kier alpha value is -1.02. The summed E-state index contributed by atoms with van der Waals surface area (Å²) in [7, 11) is -3.46. The fourth-order valence-corrected chi connectivity index (χ4v) is 4.06. The van der Waals surface area contributed by atoms with Gasteiger partial charge in [-0.3, -0.25) is 4.98 Å². The number of morpholine rings is 1. The number of fused-ring (bicyclic) bond motifs is 2. The first-order valence-corrected chi connectivity index (χ1v) is 7.84. The quantitative estimate of drug-likeness (QED) is 0.850. The molecule has 0 aromatic carbocycles. The largest absolute Gasteiger partial charge is 0.372 e. The van der Waals surface area contributed by atoms with Crippen molar-refractivity contribution in [2.75, 3.05) is 13.1 Å². The number of rotatable bonds is 3. The van der Waals surface area contributed by atoms with Gasteiger partial charge >= 0.3 is 0 Å². The van der Waals surface area contributed by atoms with Gasteiger partial charge in [-0.1, -0.05) is 0 Å². The Labute approximate surface area is 112 Å². The molecule has 3 heterocycles. The summed E-state index contributed by atoms with van der Waals surface area (Å²) in [5.41, 5.74) is 6.14. The summed E-state index contributed by atoms with van der Waals surface area (Å²) in [4.78, 5) is 4.28. The third-order valence-electron chi connectivity index (χ3n) is 3.65. The number of nitrogens with zero attached hydrogens (tertiary/aromatic N) is 2. The zero-order chi connectivity index (χ0) is 13.5. The normalized spacial score (nSPS) is 27.6. The van der Waals surface area contributed by atoms with Crippen LogP contribution in [0.3, 0.4) is 0 Å². The van der Waals surface area contributed by atoms with Crippen LogP contribution in [-0.4, -0.2) is 43.0 Å². The van der Waals surface area contributed by atoms with E-state index in [1.54, 1.807) is 12.1 Å². The standard InChI is InChI=1S/C12H17N3O3S/c13-5-9-1-4-12(6-14-9)19(16,17)15-7-10-2-3-11(8-15)18-10/h1,4,6,10-11H,2-3,5,7-8,13H2. The van der Waals surface area contributed by atoms with Crippen LogP contribution in [-0.2, 0) is 21.3 Å². The van der Waals surface area contributed by atoms with Crippen molar-refractivity contribution in [1.82, 2.24) is 9.29 Å². The highest BCUT2D eigenvalue weighted by molar-refractivity contribution is 7.89. The fraction of sp³-hybridized carbons (Fsp3) is 0.583. The molecule has 0 aliphatic carbocycles. The predicted octanol–water partition coefficient (Wildman–Crippen LogP) is 0.0922. The molecule has 2 bridgehead atoms. The average molecular weight is 283 g/mol. The molecule has 2 fully saturated rings. The lowest BCUT2D eigenvalue weighted by molar-refractivity contribution is -0.0114. The summed E-state index contributed by atoms with van der Waals surface area (Å²) < 4.78 is 32.2. The van der Waals surface area contributed by atoms with Crippen molar-refractivity contribution in [3.05, 3.63) is 24.0 Å². The van der Waals surface area contributed by atoms with E-state index in [0.29, 0.717) is 25.3 Å². The zero-order valence-corrected chi connectivity index (χ0v) is 11.3. The van der Waals surface area contributed by atoms with Gasteiger partial charge in [0, 0.05) is 25.8 Å². The van der Waals surface area contributed by atoms with Crippen LogP contribution in [0.15, 0.2) is 23.2 Å². The van der Waals surface area contributed by atoms with Gasteiger partial charge in [0.15, 0.2) is 0 Å². The summed E-state index contributed by atoms with van der Waals surface area (Å²) >= 11 is 0. The van der Waals surface area contributed by atoms with Crippen molar-refractivity contribution >= 4 is 10.0 Å². The molecular weight excluding hydrogens is 266 g/mol. The van der Waals surface area contributed by atoms with Gasteiger partial charge in [-0.25, -0.2) is 8.42 Å². The molecule has 1 aromatic rings. The highest BCUT2D eigenvalue weighted by atomic mass is 32.2. The number of nitrogens with two attached hydrogens (primary N) is 1. The molecule has 3 rings (SSSR count). The highest BCUT2D eigenvalue weighted by Gasteiger charge is 2.39. The van der Waals surface area contributed by atoms with Crippen LogP contribution in [0.1, 0.15) is 18.5 Å². The maximum atomic E-state index is 12.5. The van der Waals surface area contributed by atoms with Crippen molar-refractivity contribution in [1.29, 1.82) is 0 Å². The third kappa shape index (κ3) is 2.38. The molecule has 7 heteroatoms. The summed E-state index contributed by atoms with van der Waals surface area (Å²) in [6.45, 7) is 1.19. The van der Waals surface area contributed by atoms with Gasteiger partial charge < -0.3 is 10.5 Å². The van der Waals surface area contributed by atoms with E-state index in [-0.39, 0.29) is 17.1 Å². The van der Waals surface area contributed by atoms with Crippen LogP contribution in [0, 0.1) is 0 Å². The Kier molecular flexibility index (Phi) is 3.30. The molecular formula is C12H17N3O3S. The number of hydrogen-bond donors (Lipinski definition) is 1. The number of aromatic nitrogens is 1. The summed E-state index contributed by atoms with van der Waals surface area (Å²) in [6.07, 6.45) is 3.37. The zero-order valence-electron chi connectivity index (χ0n) is 10.5. The maximum absolute atomic E-state index is 12.5. The van der Waals surface area contributed by atoms with E-state index >= 15 is 0 Å². The first-order chi connectivity index (χ1) is 9.09. The van der Waals surface area contributed by atoms with Crippen molar-refractivity contribution in [2.24, 2.45) is 5.73 Å². The maximum Gasteiger partial charge on any atom is 0.244 e. The van der Waals surface area contributed by atoms with Gasteiger partial charge in [0.1, 0.15) is 4.90 Å². The molecule has 6 nitrogen and oxygen atoms in total. The van der Waals surface area contributed by atoms with Crippen molar-refractivity contribution in [2.45, 2.75) is 36.5 Å². The number of pyridine rings is 1. The van der Waals surface area contributed by atoms with Crippen molar-refractivity contribution in [3.63, 3.8) is 0 Å². The average Bonchev–Trinajstić information content (AvgIpc) is 2.77. The molecule has 2 aliphatic heterocycles. The van der Waals surface area contributed by atoms with E-state index in [2.05, 4.69) is 4.98 Å². The van der Waals surface area contributed by atoms with E-state index in [1.165, 1.54) is 10.5 Å². The second kappa shape index (κ2) is 4.82. The molecule has 104 valence electrons. The van der Waals surface area contributed by atoms with Crippen LogP contribution in [0.25, 0.3) is 0 Å². The van der Waals surface area contributed by atoms with Crippen LogP contribution in [0.5, 0.6) is 0 Å². The third-order valence-corrected chi connectivity index (χ3v) is 5.47. The number of sulfonamides is 1. The predicted molar refractivity (Wildman–Crippen MR) is 68.8 cm³/mol. The Morgan fingerprint density at radius 3 is 2.53 bits per heavy atom. The van der Waals surface area contributed by atoms with Gasteiger partial charge in [-0.15, -0.1) is 0 Å². The lowest BCUT2D eigenvalue weighted by Crippen LogP contribution is -2.45. The molecule has 0 saturated carbocycles. The van der Waals surface area contributed by atoms with Crippen molar-refractivity contribution in [3.8, 4) is 0 Å². The highest BCUT2D eigenvalue weighted by Crippen LogP contribution is 2.29. The molecule has 0 spiro atoms. The first kappa shape index (κ1) is 13.0. The number of hydrogen-bond acceptors (Lipinski definition) is 5. The van der Waals surface area contributed by atoms with Crippen LogP contribution < -0.4 is 5.73 Å². The minimum atomic E-state index is -3.46. The molecule has 0 radical (unpaired) electrons. The van der Waals surface area contributed by atoms with E-state index in [0.717, 1.165) is 12.8 Å². The van der Waals surface area contributed by atoms with E-state index < -0.39 is 10.0 Å². The summed E-state index contributed by atoms with van der Waals surface area (Å²) in [5.74, 6) is 0. The van der Waals surface area contributed by atoms with Gasteiger partial charge in [0.2, 0.25) is 10.0 Å². The SMILES string of the molecule is NCc1ccc(S(=O)(=O)N2CC3CCC(C2)O3)cn1. The molecule has 2 unspecified atom stereocenters. The summed E-state index contributed by atoms with van der Waals surface area (Å²) in [6, 6.07) is 3.23. The molecule has 1 aromatic heterocycles. The minimum absolute atomic E-state index is 0.0461. The molecule has 2 saturated heterocycles. The Bertz CT molecular complexity index is 546. The molecule has 2 aliphatic rings. The molecule has 0 amide bonds. The minimum Gasteiger partial charge on any atom is -0.372 e. The molecule has 2 atom stereocenters. The van der Waals surface area contributed by atoms with Gasteiger partial charge in [0.05, 0.1) is 17.9 Å².